The number of hydrogen-bond donors (Lipinski definition) is 1. The van der Waals surface area contributed by atoms with Gasteiger partial charge in [-0.3, -0.25) is 14.4 Å². The molecular formula is C35H43Cl4N5O5. The molecule has 266 valence electrons. The molecule has 2 aromatic rings. The molecule has 2 atom stereocenters. The maximum Gasteiger partial charge on any atom is 0.254 e. The number of carbonyl (C=O) groups excluding carboxylic acids is 3. The lowest BCUT2D eigenvalue weighted by Crippen LogP contribution is -2.55. The van der Waals surface area contributed by atoms with Crippen LogP contribution in [0.3, 0.4) is 0 Å². The van der Waals surface area contributed by atoms with Gasteiger partial charge in [0.25, 0.3) is 5.91 Å². The van der Waals surface area contributed by atoms with Gasteiger partial charge in [-0.15, -0.1) is 0 Å². The van der Waals surface area contributed by atoms with Crippen LogP contribution in [0.5, 0.6) is 0 Å². The average molecular weight is 756 g/mol. The Morgan fingerprint density at radius 1 is 1.00 bits per heavy atom. The molecule has 3 aliphatic heterocycles. The third-order valence-corrected chi connectivity index (χ3v) is 10.9. The van der Waals surface area contributed by atoms with E-state index in [1.54, 1.807) is 41.1 Å². The Morgan fingerprint density at radius 2 is 1.69 bits per heavy atom. The molecule has 49 heavy (non-hydrogen) atoms. The Labute approximate surface area is 307 Å². The van der Waals surface area contributed by atoms with Crippen molar-refractivity contribution in [3.63, 3.8) is 0 Å². The lowest BCUT2D eigenvalue weighted by molar-refractivity contribution is -0.150. The van der Waals surface area contributed by atoms with Crippen LogP contribution in [-0.2, 0) is 14.4 Å². The van der Waals surface area contributed by atoms with E-state index in [-0.39, 0.29) is 48.6 Å². The second kappa shape index (κ2) is 17.1. The maximum atomic E-state index is 13.5. The van der Waals surface area contributed by atoms with Crippen LogP contribution in [0.4, 0.5) is 0 Å². The van der Waals surface area contributed by atoms with Crippen molar-refractivity contribution >= 4 is 69.8 Å². The highest BCUT2D eigenvalue weighted by molar-refractivity contribution is 6.42. The first kappa shape index (κ1) is 37.7. The topological polar surface area (TPSA) is 106 Å². The minimum atomic E-state index is -0.448. The molecule has 0 spiro atoms. The predicted octanol–water partition coefficient (Wildman–Crippen LogP) is 5.84. The summed E-state index contributed by atoms with van der Waals surface area (Å²) in [6.07, 6.45) is 3.76. The van der Waals surface area contributed by atoms with Crippen LogP contribution in [0.1, 0.15) is 60.4 Å². The molecule has 14 heteroatoms. The second-order valence-corrected chi connectivity index (χ2v) is 14.9. The molecule has 0 radical (unpaired) electrons. The van der Waals surface area contributed by atoms with Crippen molar-refractivity contribution in [3.8, 4) is 0 Å². The van der Waals surface area contributed by atoms with Gasteiger partial charge in [0, 0.05) is 79.7 Å². The van der Waals surface area contributed by atoms with E-state index < -0.39 is 6.10 Å². The van der Waals surface area contributed by atoms with Crippen molar-refractivity contribution in [3.05, 3.63) is 67.6 Å². The molecule has 0 bridgehead atoms. The Kier molecular flexibility index (Phi) is 13.1. The van der Waals surface area contributed by atoms with E-state index in [4.69, 9.17) is 51.2 Å². The normalized spacial score (nSPS) is 20.3. The van der Waals surface area contributed by atoms with Gasteiger partial charge in [-0.25, -0.2) is 0 Å². The molecule has 1 unspecified atom stereocenters. The van der Waals surface area contributed by atoms with Crippen LogP contribution in [0.2, 0.25) is 20.1 Å². The van der Waals surface area contributed by atoms with E-state index in [2.05, 4.69) is 10.1 Å². The fourth-order valence-corrected chi connectivity index (χ4v) is 7.91. The van der Waals surface area contributed by atoms with Crippen molar-refractivity contribution in [1.29, 1.82) is 0 Å². The predicted molar refractivity (Wildman–Crippen MR) is 193 cm³/mol. The summed E-state index contributed by atoms with van der Waals surface area (Å²) in [6.45, 7) is 4.02. The third kappa shape index (κ3) is 9.60. The zero-order chi connectivity index (χ0) is 35.2. The molecule has 1 N–H and O–H groups in total. The highest BCUT2D eigenvalue weighted by Crippen LogP contribution is 2.32. The average Bonchev–Trinajstić information content (AvgIpc) is 3.05. The molecule has 10 nitrogen and oxygen atoms in total. The van der Waals surface area contributed by atoms with E-state index in [1.165, 1.54) is 7.11 Å². The first-order valence-electron chi connectivity index (χ1n) is 16.7. The summed E-state index contributed by atoms with van der Waals surface area (Å²) >= 11 is 25.1. The number of β-amino-alcohol motifs (C(OH)–C–C–N with tert-alkyl or cyclic N) is 1. The summed E-state index contributed by atoms with van der Waals surface area (Å²) in [5.41, 5.74) is 1.91. The number of rotatable bonds is 12. The fraction of sp³-hybridized carbons (Fsp3) is 0.543. The van der Waals surface area contributed by atoms with Gasteiger partial charge in [0.2, 0.25) is 11.8 Å². The standard InChI is InChI=1S/C35H43Cl4N5O5/c1-41(34(47)24-14-25(36)18-26(37)15-24)21-32(40-49-2)29(22-5-6-30(38)31(39)16-22)9-13-42-11-7-27(8-12-42)44-10-3-4-23(35(44)48)17-33(46)43-19-28(45)20-43/h5-6,14-16,18,23,27-29,45H,3-4,7-13,17,19-21H2,1-2H3/b40-32+/t23?,29-/m1/s1. The summed E-state index contributed by atoms with van der Waals surface area (Å²) in [6, 6.07) is 10.4. The molecule has 0 aromatic heterocycles. The van der Waals surface area contributed by atoms with Crippen LogP contribution in [0.15, 0.2) is 41.6 Å². The van der Waals surface area contributed by atoms with E-state index in [0.717, 1.165) is 57.4 Å². The number of hydrogen-bond acceptors (Lipinski definition) is 7. The molecule has 2 aromatic carbocycles. The van der Waals surface area contributed by atoms with Gasteiger partial charge in [-0.2, -0.15) is 0 Å². The van der Waals surface area contributed by atoms with Crippen molar-refractivity contribution in [2.75, 3.05) is 60.0 Å². The smallest absolute Gasteiger partial charge is 0.254 e. The van der Waals surface area contributed by atoms with Crippen molar-refractivity contribution in [1.82, 2.24) is 19.6 Å². The molecule has 5 rings (SSSR count). The van der Waals surface area contributed by atoms with Crippen LogP contribution in [0.25, 0.3) is 0 Å². The Morgan fingerprint density at radius 3 is 2.33 bits per heavy atom. The summed E-state index contributed by atoms with van der Waals surface area (Å²) in [5.74, 6) is -0.750. The van der Waals surface area contributed by atoms with Crippen LogP contribution < -0.4 is 0 Å². The number of aliphatic hydroxyl groups is 1. The third-order valence-electron chi connectivity index (χ3n) is 9.76. The first-order chi connectivity index (χ1) is 23.4. The number of benzene rings is 2. The minimum absolute atomic E-state index is 0.0438. The second-order valence-electron chi connectivity index (χ2n) is 13.2. The van der Waals surface area contributed by atoms with Gasteiger partial charge in [0.1, 0.15) is 7.11 Å². The minimum Gasteiger partial charge on any atom is -0.399 e. The number of aliphatic hydroxyl groups excluding tert-OH is 1. The van der Waals surface area contributed by atoms with Gasteiger partial charge < -0.3 is 29.5 Å². The monoisotopic (exact) mass is 753 g/mol. The number of piperidine rings is 2. The molecule has 0 aliphatic carbocycles. The Balaban J connectivity index is 1.22. The molecule has 3 aliphatic rings. The maximum absolute atomic E-state index is 13.5. The van der Waals surface area contributed by atoms with Gasteiger partial charge in [0.15, 0.2) is 0 Å². The summed E-state index contributed by atoms with van der Waals surface area (Å²) < 4.78 is 0. The molecule has 3 fully saturated rings. The van der Waals surface area contributed by atoms with E-state index in [1.807, 2.05) is 17.0 Å². The largest absolute Gasteiger partial charge is 0.399 e. The zero-order valence-electron chi connectivity index (χ0n) is 27.8. The van der Waals surface area contributed by atoms with Gasteiger partial charge >= 0.3 is 0 Å². The zero-order valence-corrected chi connectivity index (χ0v) is 30.8. The lowest BCUT2D eigenvalue weighted by atomic mass is 9.89. The van der Waals surface area contributed by atoms with Crippen LogP contribution >= 0.6 is 46.4 Å². The number of amides is 3. The van der Waals surface area contributed by atoms with Gasteiger partial charge in [-0.1, -0.05) is 57.6 Å². The highest BCUT2D eigenvalue weighted by Gasteiger charge is 2.38. The number of oxime groups is 1. The number of nitrogens with zero attached hydrogens (tertiary/aromatic N) is 5. The van der Waals surface area contributed by atoms with E-state index in [0.29, 0.717) is 50.9 Å². The molecule has 3 heterocycles. The van der Waals surface area contributed by atoms with E-state index in [9.17, 15) is 19.5 Å². The summed E-state index contributed by atoms with van der Waals surface area (Å²) in [7, 11) is 3.17. The van der Waals surface area contributed by atoms with Gasteiger partial charge in [0.05, 0.1) is 28.4 Å². The lowest BCUT2D eigenvalue weighted by Gasteiger charge is -2.43. The first-order valence-corrected chi connectivity index (χ1v) is 18.2. The highest BCUT2D eigenvalue weighted by atomic mass is 35.5. The number of likely N-dealkylation sites (tertiary alicyclic amines) is 3. The summed E-state index contributed by atoms with van der Waals surface area (Å²) in [5, 5.41) is 15.6. The molecule has 3 saturated heterocycles. The Hall–Kier alpha value is -2.60. The van der Waals surface area contributed by atoms with Crippen molar-refractivity contribution < 1.29 is 24.3 Å². The molecular weight excluding hydrogens is 712 g/mol. The van der Waals surface area contributed by atoms with Crippen molar-refractivity contribution in [2.24, 2.45) is 11.1 Å². The van der Waals surface area contributed by atoms with Crippen LogP contribution in [0, 0.1) is 5.92 Å². The molecule has 3 amide bonds. The van der Waals surface area contributed by atoms with E-state index >= 15 is 0 Å². The number of carbonyl (C=O) groups is 3. The SMILES string of the molecule is CO/N=C(\CN(C)C(=O)c1cc(Cl)cc(Cl)c1)[C@H](CCN1CCC(N2CCCC(CC(=O)N3CC(O)C3)C2=O)CC1)c1ccc(Cl)c(Cl)c1. The fourth-order valence-electron chi connectivity index (χ4n) is 7.08. The van der Waals surface area contributed by atoms with Gasteiger partial charge in [-0.05, 0) is 74.5 Å². The number of halogens is 4. The Bertz CT molecular complexity index is 1530. The van der Waals surface area contributed by atoms with Crippen LogP contribution in [-0.4, -0.2) is 120 Å². The van der Waals surface area contributed by atoms with Crippen molar-refractivity contribution in [2.45, 2.75) is 56.6 Å². The quantitative estimate of drug-likeness (QED) is 0.216. The summed E-state index contributed by atoms with van der Waals surface area (Å²) in [4.78, 5) is 52.3. The molecule has 0 saturated carbocycles.